The molecule has 2 aromatic carbocycles. The van der Waals surface area contributed by atoms with E-state index in [1.165, 1.54) is 12.1 Å². The van der Waals surface area contributed by atoms with Gasteiger partial charge in [0.05, 0.1) is 12.8 Å². The van der Waals surface area contributed by atoms with Crippen LogP contribution in [0.2, 0.25) is 0 Å². The van der Waals surface area contributed by atoms with Crippen molar-refractivity contribution in [2.75, 3.05) is 12.0 Å². The number of aryl methyl sites for hydroxylation is 1. The maximum absolute atomic E-state index is 14.0. The van der Waals surface area contributed by atoms with Crippen LogP contribution < -0.4 is 15.0 Å². The van der Waals surface area contributed by atoms with Gasteiger partial charge in [-0.15, -0.1) is 0 Å². The highest BCUT2D eigenvalue weighted by molar-refractivity contribution is 7.80. The van der Waals surface area contributed by atoms with Crippen molar-refractivity contribution < 1.29 is 13.9 Å². The van der Waals surface area contributed by atoms with Crippen LogP contribution in [0, 0.1) is 12.7 Å². The third-order valence-corrected chi connectivity index (χ3v) is 3.99. The first-order chi connectivity index (χ1) is 11.5. The van der Waals surface area contributed by atoms with Gasteiger partial charge in [0.25, 0.3) is 5.91 Å². The molecule has 0 aromatic heterocycles. The van der Waals surface area contributed by atoms with Gasteiger partial charge in [0.2, 0.25) is 0 Å². The highest BCUT2D eigenvalue weighted by Gasteiger charge is 2.33. The highest BCUT2D eigenvalue weighted by atomic mass is 32.1. The number of amides is 1. The van der Waals surface area contributed by atoms with Gasteiger partial charge >= 0.3 is 0 Å². The fourth-order valence-electron chi connectivity index (χ4n) is 2.55. The Morgan fingerprint density at radius 2 is 2.00 bits per heavy atom. The van der Waals surface area contributed by atoms with Crippen molar-refractivity contribution in [3.8, 4) is 5.75 Å². The molecule has 6 heteroatoms. The molecule has 0 saturated carbocycles. The zero-order valence-electron chi connectivity index (χ0n) is 13.2. The lowest BCUT2D eigenvalue weighted by Gasteiger charge is -2.14. The molecule has 0 aliphatic carbocycles. The van der Waals surface area contributed by atoms with Crippen molar-refractivity contribution in [3.05, 3.63) is 65.1 Å². The van der Waals surface area contributed by atoms with Crippen LogP contribution in [0.4, 0.5) is 10.1 Å². The number of nitrogens with zero attached hydrogens (tertiary/aromatic N) is 1. The molecule has 1 N–H and O–H groups in total. The molecule has 0 atom stereocenters. The summed E-state index contributed by atoms with van der Waals surface area (Å²) < 4.78 is 19.2. The van der Waals surface area contributed by atoms with E-state index in [0.29, 0.717) is 5.70 Å². The van der Waals surface area contributed by atoms with Crippen LogP contribution in [0.3, 0.4) is 0 Å². The lowest BCUT2D eigenvalue weighted by Crippen LogP contribution is -2.31. The largest absolute Gasteiger partial charge is 0.496 e. The lowest BCUT2D eigenvalue weighted by molar-refractivity contribution is -0.113. The van der Waals surface area contributed by atoms with Gasteiger partial charge < -0.3 is 10.1 Å². The summed E-state index contributed by atoms with van der Waals surface area (Å²) in [6, 6.07) is 11.6. The number of carbonyl (C=O) groups is 1. The number of nitrogens with one attached hydrogen (secondary N) is 1. The molecule has 4 nitrogen and oxygen atoms in total. The number of para-hydroxylation sites is 1. The van der Waals surface area contributed by atoms with Crippen LogP contribution >= 0.6 is 12.2 Å². The van der Waals surface area contributed by atoms with E-state index in [4.69, 9.17) is 17.0 Å². The van der Waals surface area contributed by atoms with E-state index >= 15 is 0 Å². The van der Waals surface area contributed by atoms with Crippen molar-refractivity contribution in [2.45, 2.75) is 6.92 Å². The number of methoxy groups -OCH3 is 1. The van der Waals surface area contributed by atoms with Gasteiger partial charge in [-0.25, -0.2) is 9.29 Å². The van der Waals surface area contributed by atoms with Crippen LogP contribution in [0.15, 0.2) is 48.2 Å². The van der Waals surface area contributed by atoms with Crippen LogP contribution in [-0.4, -0.2) is 18.1 Å². The number of thiocarbonyl (C=S) groups is 1. The summed E-state index contributed by atoms with van der Waals surface area (Å²) >= 11 is 5.18. The number of ether oxygens (including phenoxy) is 1. The monoisotopic (exact) mass is 342 g/mol. The van der Waals surface area contributed by atoms with E-state index in [2.05, 4.69) is 5.32 Å². The number of halogens is 1. The van der Waals surface area contributed by atoms with Gasteiger partial charge in [-0.2, -0.15) is 0 Å². The number of rotatable bonds is 3. The topological polar surface area (TPSA) is 41.6 Å². The maximum atomic E-state index is 14.0. The Bertz CT molecular complexity index is 864. The Morgan fingerprint density at radius 3 is 2.67 bits per heavy atom. The van der Waals surface area contributed by atoms with Gasteiger partial charge in [0.15, 0.2) is 5.11 Å². The molecule has 1 aliphatic heterocycles. The van der Waals surface area contributed by atoms with Crippen molar-refractivity contribution >= 4 is 35.0 Å². The Labute approximate surface area is 144 Å². The minimum Gasteiger partial charge on any atom is -0.496 e. The predicted octanol–water partition coefficient (Wildman–Crippen LogP) is 3.40. The zero-order valence-corrected chi connectivity index (χ0v) is 14.0. The highest BCUT2D eigenvalue weighted by Crippen LogP contribution is 2.26. The number of hydrogen-bond acceptors (Lipinski definition) is 3. The molecular formula is C18H15FN2O2S. The Balaban J connectivity index is 1.94. The first-order valence-electron chi connectivity index (χ1n) is 7.27. The van der Waals surface area contributed by atoms with Crippen molar-refractivity contribution in [1.82, 2.24) is 5.32 Å². The smallest absolute Gasteiger partial charge is 0.281 e. The number of carbonyl (C=O) groups excluding carboxylic acids is 1. The molecule has 24 heavy (non-hydrogen) atoms. The lowest BCUT2D eigenvalue weighted by atomic mass is 10.1. The van der Waals surface area contributed by atoms with E-state index in [-0.39, 0.29) is 10.8 Å². The van der Waals surface area contributed by atoms with Crippen molar-refractivity contribution in [1.29, 1.82) is 0 Å². The third kappa shape index (κ3) is 2.88. The summed E-state index contributed by atoms with van der Waals surface area (Å²) in [7, 11) is 1.60. The Kier molecular flexibility index (Phi) is 4.31. The second kappa shape index (κ2) is 6.41. The first-order valence-corrected chi connectivity index (χ1v) is 7.68. The molecule has 1 amide bonds. The third-order valence-electron chi connectivity index (χ3n) is 3.70. The second-order valence-electron chi connectivity index (χ2n) is 5.31. The quantitative estimate of drug-likeness (QED) is 0.686. The Morgan fingerprint density at radius 1 is 1.25 bits per heavy atom. The fraction of sp³-hybridized carbons (Fsp3) is 0.111. The number of hydrogen-bond donors (Lipinski definition) is 1. The summed E-state index contributed by atoms with van der Waals surface area (Å²) in [5, 5.41) is 3.00. The molecule has 0 bridgehead atoms. The molecule has 1 saturated heterocycles. The van der Waals surface area contributed by atoms with E-state index in [9.17, 15) is 9.18 Å². The summed E-state index contributed by atoms with van der Waals surface area (Å²) in [5.74, 6) is -0.124. The molecule has 1 heterocycles. The molecule has 3 rings (SSSR count). The summed E-state index contributed by atoms with van der Waals surface area (Å²) in [6.45, 7) is 1.92. The molecule has 0 unspecified atom stereocenters. The molecule has 0 spiro atoms. The standard InChI is InChI=1S/C18H15FN2O2S/c1-11-9-12(7-8-16(11)23-2)10-14-17(22)21(18(24)20-14)15-6-4-3-5-13(15)19/h3-10H,1-2H3,(H,20,24)/b14-10-. The number of anilines is 1. The molecule has 0 radical (unpaired) electrons. The van der Waals surface area contributed by atoms with E-state index in [0.717, 1.165) is 21.8 Å². The molecule has 1 fully saturated rings. The van der Waals surface area contributed by atoms with Crippen LogP contribution in [0.25, 0.3) is 6.08 Å². The normalized spacial score (nSPS) is 15.8. The van der Waals surface area contributed by atoms with Gasteiger partial charge in [0, 0.05) is 0 Å². The summed E-state index contributed by atoms with van der Waals surface area (Å²) in [4.78, 5) is 13.8. The minimum absolute atomic E-state index is 0.134. The van der Waals surface area contributed by atoms with Gasteiger partial charge in [-0.05, 0) is 60.6 Å². The maximum Gasteiger partial charge on any atom is 0.281 e. The number of benzene rings is 2. The summed E-state index contributed by atoms with van der Waals surface area (Å²) in [5.41, 5.74) is 2.20. The van der Waals surface area contributed by atoms with Gasteiger partial charge in [0.1, 0.15) is 17.3 Å². The first kappa shape index (κ1) is 16.1. The van der Waals surface area contributed by atoms with Crippen molar-refractivity contribution in [3.63, 3.8) is 0 Å². The molecule has 2 aromatic rings. The minimum atomic E-state index is -0.503. The van der Waals surface area contributed by atoms with Gasteiger partial charge in [-0.3, -0.25) is 4.79 Å². The molecule has 122 valence electrons. The predicted molar refractivity (Wildman–Crippen MR) is 95.3 cm³/mol. The molecular weight excluding hydrogens is 327 g/mol. The van der Waals surface area contributed by atoms with Crippen LogP contribution in [0.1, 0.15) is 11.1 Å². The van der Waals surface area contributed by atoms with Crippen LogP contribution in [-0.2, 0) is 4.79 Å². The second-order valence-corrected chi connectivity index (χ2v) is 5.70. The van der Waals surface area contributed by atoms with E-state index in [1.54, 1.807) is 25.3 Å². The van der Waals surface area contributed by atoms with E-state index in [1.807, 2.05) is 25.1 Å². The summed E-state index contributed by atoms with van der Waals surface area (Å²) in [6.07, 6.45) is 1.68. The van der Waals surface area contributed by atoms with Crippen LogP contribution in [0.5, 0.6) is 5.75 Å². The average Bonchev–Trinajstić information content (AvgIpc) is 2.82. The fourth-order valence-corrected chi connectivity index (χ4v) is 2.84. The van der Waals surface area contributed by atoms with Crippen molar-refractivity contribution in [2.24, 2.45) is 0 Å². The SMILES string of the molecule is COc1ccc(/C=C2\NC(=S)N(c3ccccc3F)C2=O)cc1C. The molecule has 1 aliphatic rings. The average molecular weight is 342 g/mol. The van der Waals surface area contributed by atoms with Gasteiger partial charge in [-0.1, -0.05) is 18.2 Å². The van der Waals surface area contributed by atoms with E-state index < -0.39 is 11.7 Å². The Hall–Kier alpha value is -2.73. The zero-order chi connectivity index (χ0) is 17.3.